The molecule has 3 atom stereocenters. The zero-order valence-electron chi connectivity index (χ0n) is 12.7. The maximum atomic E-state index is 5.97. The molecule has 1 aliphatic rings. The Morgan fingerprint density at radius 3 is 2.62 bits per heavy atom. The first-order valence-corrected chi connectivity index (χ1v) is 7.82. The van der Waals surface area contributed by atoms with Gasteiger partial charge in [0.15, 0.2) is 0 Å². The fraction of sp³-hybridized carbons (Fsp3) is 0.625. The van der Waals surface area contributed by atoms with Crippen molar-refractivity contribution in [2.75, 3.05) is 26.9 Å². The Morgan fingerprint density at radius 1 is 1.19 bits per heavy atom. The van der Waals surface area contributed by atoms with Crippen LogP contribution in [0.3, 0.4) is 0 Å². The lowest BCUT2D eigenvalue weighted by Crippen LogP contribution is -2.60. The number of rotatable bonds is 9. The van der Waals surface area contributed by atoms with Crippen LogP contribution in [-0.2, 0) is 20.8 Å². The summed E-state index contributed by atoms with van der Waals surface area (Å²) in [4.78, 5) is 0. The molecule has 1 saturated carbocycles. The molecule has 118 valence electrons. The molecule has 3 unspecified atom stereocenters. The van der Waals surface area contributed by atoms with Crippen LogP contribution in [0.25, 0.3) is 0 Å². The molecule has 0 heterocycles. The lowest BCUT2D eigenvalue weighted by molar-refractivity contribution is -0.156. The molecule has 1 aliphatic carbocycles. The maximum absolute atomic E-state index is 5.97. The minimum Gasteiger partial charge on any atom is -0.382 e. The van der Waals surface area contributed by atoms with E-state index in [1.165, 1.54) is 0 Å². The van der Waals surface area contributed by atoms with Crippen molar-refractivity contribution in [1.29, 1.82) is 0 Å². The Hall–Kier alpha value is -0.650. The molecule has 0 amide bonds. The van der Waals surface area contributed by atoms with E-state index < -0.39 is 0 Å². The summed E-state index contributed by atoms with van der Waals surface area (Å²) >= 11 is 5.88. The summed E-state index contributed by atoms with van der Waals surface area (Å²) in [5, 5.41) is 4.18. The second kappa shape index (κ2) is 8.71. The molecule has 5 heteroatoms. The minimum absolute atomic E-state index is 0.104. The molecule has 1 N–H and O–H groups in total. The van der Waals surface area contributed by atoms with Crippen molar-refractivity contribution in [3.63, 3.8) is 0 Å². The first-order valence-electron chi connectivity index (χ1n) is 7.44. The normalized spacial score (nSPS) is 24.8. The maximum Gasteiger partial charge on any atom is 0.0991 e. The highest BCUT2D eigenvalue weighted by atomic mass is 35.5. The minimum atomic E-state index is 0.104. The Kier molecular flexibility index (Phi) is 6.93. The smallest absolute Gasteiger partial charge is 0.0991 e. The number of likely N-dealkylation sites (N-methyl/N-ethyl adjacent to an activating group) is 1. The van der Waals surface area contributed by atoms with Crippen molar-refractivity contribution in [3.05, 3.63) is 34.9 Å². The lowest BCUT2D eigenvalue weighted by Gasteiger charge is -2.44. The molecule has 0 radical (unpaired) electrons. The Bertz CT molecular complexity index is 412. The fourth-order valence-corrected chi connectivity index (χ4v) is 2.61. The van der Waals surface area contributed by atoms with E-state index in [2.05, 4.69) is 12.2 Å². The zero-order valence-corrected chi connectivity index (χ0v) is 13.4. The number of hydrogen-bond donors (Lipinski definition) is 1. The van der Waals surface area contributed by atoms with Crippen LogP contribution >= 0.6 is 11.6 Å². The molecule has 2 rings (SSSR count). The van der Waals surface area contributed by atoms with Crippen molar-refractivity contribution in [1.82, 2.24) is 5.32 Å². The van der Waals surface area contributed by atoms with Crippen molar-refractivity contribution < 1.29 is 14.2 Å². The van der Waals surface area contributed by atoms with Gasteiger partial charge in [-0.05, 0) is 30.7 Å². The van der Waals surface area contributed by atoms with E-state index in [4.69, 9.17) is 25.8 Å². The average Bonchev–Trinajstić information content (AvgIpc) is 2.48. The van der Waals surface area contributed by atoms with E-state index in [0.29, 0.717) is 25.9 Å². The summed E-state index contributed by atoms with van der Waals surface area (Å²) in [6.07, 6.45) is 1.23. The molecule has 0 aromatic heterocycles. The quantitative estimate of drug-likeness (QED) is 0.712. The Labute approximate surface area is 131 Å². The molecule has 1 fully saturated rings. The van der Waals surface area contributed by atoms with Crippen LogP contribution in [-0.4, -0.2) is 45.1 Å². The van der Waals surface area contributed by atoms with E-state index >= 15 is 0 Å². The van der Waals surface area contributed by atoms with Crippen LogP contribution in [0.1, 0.15) is 18.9 Å². The van der Waals surface area contributed by atoms with Gasteiger partial charge < -0.3 is 19.5 Å². The summed E-state index contributed by atoms with van der Waals surface area (Å²) in [7, 11) is 1.68. The van der Waals surface area contributed by atoms with Gasteiger partial charge >= 0.3 is 0 Å². The highest BCUT2D eigenvalue weighted by Crippen LogP contribution is 2.28. The van der Waals surface area contributed by atoms with Crippen LogP contribution in [0.2, 0.25) is 5.02 Å². The highest BCUT2D eigenvalue weighted by molar-refractivity contribution is 6.30. The van der Waals surface area contributed by atoms with Gasteiger partial charge in [-0.3, -0.25) is 0 Å². The van der Waals surface area contributed by atoms with Crippen LogP contribution < -0.4 is 5.32 Å². The third-order valence-corrected chi connectivity index (χ3v) is 3.94. The Balaban J connectivity index is 1.79. The number of halogens is 1. The third kappa shape index (κ3) is 4.94. The van der Waals surface area contributed by atoms with Gasteiger partial charge in [0.25, 0.3) is 0 Å². The van der Waals surface area contributed by atoms with E-state index in [0.717, 1.165) is 23.6 Å². The predicted molar refractivity (Wildman–Crippen MR) is 83.7 cm³/mol. The predicted octanol–water partition coefficient (Wildman–Crippen LogP) is 2.64. The summed E-state index contributed by atoms with van der Waals surface area (Å²) in [6.45, 7) is 4.85. The molecule has 0 bridgehead atoms. The monoisotopic (exact) mass is 313 g/mol. The second-order valence-corrected chi connectivity index (χ2v) is 5.64. The first kappa shape index (κ1) is 16.7. The van der Waals surface area contributed by atoms with Crippen molar-refractivity contribution in [2.45, 2.75) is 38.2 Å². The summed E-state index contributed by atoms with van der Waals surface area (Å²) in [5.41, 5.74) is 1.13. The van der Waals surface area contributed by atoms with Crippen molar-refractivity contribution in [2.24, 2.45) is 0 Å². The van der Waals surface area contributed by atoms with Crippen LogP contribution in [0.4, 0.5) is 0 Å². The van der Waals surface area contributed by atoms with Gasteiger partial charge in [-0.25, -0.2) is 0 Å². The van der Waals surface area contributed by atoms with Gasteiger partial charge in [-0.15, -0.1) is 0 Å². The second-order valence-electron chi connectivity index (χ2n) is 5.20. The van der Waals surface area contributed by atoms with E-state index in [-0.39, 0.29) is 12.2 Å². The van der Waals surface area contributed by atoms with E-state index in [1.807, 2.05) is 24.3 Å². The van der Waals surface area contributed by atoms with Crippen LogP contribution in [0.15, 0.2) is 24.3 Å². The van der Waals surface area contributed by atoms with Gasteiger partial charge in [0.05, 0.1) is 32.0 Å². The average molecular weight is 314 g/mol. The van der Waals surface area contributed by atoms with Crippen LogP contribution in [0, 0.1) is 0 Å². The first-order chi connectivity index (χ1) is 10.2. The summed E-state index contributed by atoms with van der Waals surface area (Å²) < 4.78 is 16.9. The van der Waals surface area contributed by atoms with E-state index in [1.54, 1.807) is 7.11 Å². The lowest BCUT2D eigenvalue weighted by atomic mass is 9.85. The third-order valence-electron chi connectivity index (χ3n) is 3.69. The number of benzene rings is 1. The molecule has 0 spiro atoms. The van der Waals surface area contributed by atoms with Crippen LogP contribution in [0.5, 0.6) is 0 Å². The van der Waals surface area contributed by atoms with Gasteiger partial charge in [0, 0.05) is 18.2 Å². The van der Waals surface area contributed by atoms with Crippen molar-refractivity contribution >= 4 is 11.6 Å². The molecule has 1 aromatic rings. The molecule has 0 saturated heterocycles. The topological polar surface area (TPSA) is 39.7 Å². The number of methoxy groups -OCH3 is 1. The molecule has 4 nitrogen and oxygen atoms in total. The van der Waals surface area contributed by atoms with E-state index in [9.17, 15) is 0 Å². The van der Waals surface area contributed by atoms with Crippen molar-refractivity contribution in [3.8, 4) is 0 Å². The summed E-state index contributed by atoms with van der Waals surface area (Å²) in [5.74, 6) is 0. The molecule has 21 heavy (non-hydrogen) atoms. The fourth-order valence-electron chi connectivity index (χ4n) is 2.48. The molecule has 0 aliphatic heterocycles. The highest BCUT2D eigenvalue weighted by Gasteiger charge is 2.42. The summed E-state index contributed by atoms with van der Waals surface area (Å²) in [6, 6.07) is 8.12. The zero-order chi connectivity index (χ0) is 15.1. The number of hydrogen-bond acceptors (Lipinski definition) is 4. The van der Waals surface area contributed by atoms with Gasteiger partial charge in [-0.2, -0.15) is 0 Å². The van der Waals surface area contributed by atoms with Gasteiger partial charge in [-0.1, -0.05) is 30.7 Å². The molecule has 1 aromatic carbocycles. The SMILES string of the molecule is CCNC1CC(OCc2ccc(Cl)cc2)C1OCCOC. The standard InChI is InChI=1S/C16H24ClNO3/c1-3-18-14-10-15(16(14)20-9-8-19-2)21-11-12-4-6-13(17)7-5-12/h4-7,14-16,18H,3,8-11H2,1-2H3. The molecular weight excluding hydrogens is 290 g/mol. The van der Waals surface area contributed by atoms with Gasteiger partial charge in [0.2, 0.25) is 0 Å². The largest absolute Gasteiger partial charge is 0.382 e. The number of ether oxygens (including phenoxy) is 3. The van der Waals surface area contributed by atoms with Gasteiger partial charge in [0.1, 0.15) is 0 Å². The number of nitrogens with one attached hydrogen (secondary N) is 1. The molecular formula is C16H24ClNO3. The Morgan fingerprint density at radius 2 is 1.95 bits per heavy atom.